The lowest BCUT2D eigenvalue weighted by Crippen LogP contribution is -2.31. The Morgan fingerprint density at radius 2 is 2.18 bits per heavy atom. The molecule has 0 radical (unpaired) electrons. The topological polar surface area (TPSA) is 67.8 Å². The molecule has 0 spiro atoms. The highest BCUT2D eigenvalue weighted by molar-refractivity contribution is 5.97. The summed E-state index contributed by atoms with van der Waals surface area (Å²) in [5.41, 5.74) is 0.217. The fourth-order valence-corrected chi connectivity index (χ4v) is 1.25. The van der Waals surface area contributed by atoms with Crippen molar-refractivity contribution < 1.29 is 19.4 Å². The standard InChI is InChI=1S/C12H17NO4/c1-8(16-2)7-13-12(15)10-5-4-9(17-3)6-11(10)14/h4-6,8,14H,7H2,1-3H3,(H,13,15). The molecule has 0 aliphatic heterocycles. The Bertz CT molecular complexity index is 392. The molecule has 1 aromatic rings. The normalized spacial score (nSPS) is 11.9. The maximum absolute atomic E-state index is 11.7. The van der Waals surface area contributed by atoms with Gasteiger partial charge in [-0.05, 0) is 19.1 Å². The zero-order valence-corrected chi connectivity index (χ0v) is 10.2. The second kappa shape index (κ2) is 6.10. The van der Waals surface area contributed by atoms with Crippen LogP contribution in [0.1, 0.15) is 17.3 Å². The van der Waals surface area contributed by atoms with E-state index in [1.54, 1.807) is 13.2 Å². The summed E-state index contributed by atoms with van der Waals surface area (Å²) in [7, 11) is 3.07. The number of hydrogen-bond acceptors (Lipinski definition) is 4. The zero-order chi connectivity index (χ0) is 12.8. The van der Waals surface area contributed by atoms with Gasteiger partial charge in [-0.25, -0.2) is 0 Å². The molecule has 2 N–H and O–H groups in total. The average Bonchev–Trinajstić information content (AvgIpc) is 2.35. The van der Waals surface area contributed by atoms with Crippen molar-refractivity contribution in [2.75, 3.05) is 20.8 Å². The molecule has 0 saturated carbocycles. The largest absolute Gasteiger partial charge is 0.507 e. The number of phenols is 1. The van der Waals surface area contributed by atoms with Gasteiger partial charge in [-0.3, -0.25) is 4.79 Å². The number of hydrogen-bond donors (Lipinski definition) is 2. The van der Waals surface area contributed by atoms with E-state index in [1.165, 1.54) is 19.2 Å². The van der Waals surface area contributed by atoms with Crippen LogP contribution in [0.4, 0.5) is 0 Å². The van der Waals surface area contributed by atoms with Gasteiger partial charge >= 0.3 is 0 Å². The molecule has 1 unspecified atom stereocenters. The monoisotopic (exact) mass is 239 g/mol. The van der Waals surface area contributed by atoms with Crippen LogP contribution in [0, 0.1) is 0 Å². The first-order valence-corrected chi connectivity index (χ1v) is 5.26. The van der Waals surface area contributed by atoms with Gasteiger partial charge in [0.1, 0.15) is 11.5 Å². The summed E-state index contributed by atoms with van der Waals surface area (Å²) in [5, 5.41) is 12.3. The van der Waals surface area contributed by atoms with Crippen LogP contribution in [0.2, 0.25) is 0 Å². The number of benzene rings is 1. The molecule has 0 aromatic heterocycles. The number of ether oxygens (including phenoxy) is 2. The molecule has 94 valence electrons. The molecule has 0 bridgehead atoms. The number of methoxy groups -OCH3 is 2. The molecule has 1 atom stereocenters. The molecular formula is C12H17NO4. The lowest BCUT2D eigenvalue weighted by atomic mass is 10.1. The van der Waals surface area contributed by atoms with Crippen LogP contribution in [-0.4, -0.2) is 37.9 Å². The van der Waals surface area contributed by atoms with Gasteiger partial charge in [0, 0.05) is 19.7 Å². The molecule has 0 fully saturated rings. The maximum atomic E-state index is 11.7. The Morgan fingerprint density at radius 3 is 2.71 bits per heavy atom. The van der Waals surface area contributed by atoms with Gasteiger partial charge in [0.15, 0.2) is 0 Å². The number of amides is 1. The highest BCUT2D eigenvalue weighted by Crippen LogP contribution is 2.23. The van der Waals surface area contributed by atoms with Crippen molar-refractivity contribution in [1.29, 1.82) is 0 Å². The van der Waals surface area contributed by atoms with Crippen molar-refractivity contribution in [1.82, 2.24) is 5.32 Å². The van der Waals surface area contributed by atoms with Gasteiger partial charge in [-0.2, -0.15) is 0 Å². The number of nitrogens with one attached hydrogen (secondary N) is 1. The smallest absolute Gasteiger partial charge is 0.255 e. The minimum atomic E-state index is -0.339. The SMILES string of the molecule is COc1ccc(C(=O)NCC(C)OC)c(O)c1. The highest BCUT2D eigenvalue weighted by atomic mass is 16.5. The summed E-state index contributed by atoms with van der Waals surface area (Å²) in [5.74, 6) is 0.0604. The van der Waals surface area contributed by atoms with Gasteiger partial charge in [0.2, 0.25) is 0 Å². The van der Waals surface area contributed by atoms with Crippen molar-refractivity contribution in [2.45, 2.75) is 13.0 Å². The molecule has 1 aromatic carbocycles. The summed E-state index contributed by atoms with van der Waals surface area (Å²) in [6, 6.07) is 4.53. The number of rotatable bonds is 5. The molecule has 0 aliphatic carbocycles. The van der Waals surface area contributed by atoms with Crippen LogP contribution < -0.4 is 10.1 Å². The maximum Gasteiger partial charge on any atom is 0.255 e. The van der Waals surface area contributed by atoms with E-state index < -0.39 is 0 Å². The van der Waals surface area contributed by atoms with Crippen LogP contribution in [0.5, 0.6) is 11.5 Å². The van der Waals surface area contributed by atoms with E-state index in [1.807, 2.05) is 6.92 Å². The molecule has 17 heavy (non-hydrogen) atoms. The predicted molar refractivity (Wildman–Crippen MR) is 63.5 cm³/mol. The minimum absolute atomic E-state index is 0.0701. The van der Waals surface area contributed by atoms with Crippen LogP contribution in [0.25, 0.3) is 0 Å². The van der Waals surface area contributed by atoms with Gasteiger partial charge < -0.3 is 19.9 Å². The fourth-order valence-electron chi connectivity index (χ4n) is 1.25. The first kappa shape index (κ1) is 13.3. The van der Waals surface area contributed by atoms with Gasteiger partial charge in [0.25, 0.3) is 5.91 Å². The molecule has 5 nitrogen and oxygen atoms in total. The number of phenolic OH excluding ortho intramolecular Hbond substituents is 1. The number of aromatic hydroxyl groups is 1. The van der Waals surface area contributed by atoms with Crippen molar-refractivity contribution in [3.8, 4) is 11.5 Å². The Morgan fingerprint density at radius 1 is 1.47 bits per heavy atom. The third-order valence-electron chi connectivity index (χ3n) is 2.40. The second-order valence-electron chi connectivity index (χ2n) is 3.64. The molecule has 0 heterocycles. The lowest BCUT2D eigenvalue weighted by molar-refractivity contribution is 0.0868. The molecule has 1 rings (SSSR count). The molecule has 1 amide bonds. The Hall–Kier alpha value is -1.75. The summed E-state index contributed by atoms with van der Waals surface area (Å²) < 4.78 is 9.94. The van der Waals surface area contributed by atoms with Crippen molar-refractivity contribution in [2.24, 2.45) is 0 Å². The Kier molecular flexibility index (Phi) is 4.78. The summed E-state index contributed by atoms with van der Waals surface area (Å²) in [4.78, 5) is 11.7. The predicted octanol–water partition coefficient (Wildman–Crippen LogP) is 1.17. The average molecular weight is 239 g/mol. The Labute approximate surface area is 100 Å². The fraction of sp³-hybridized carbons (Fsp3) is 0.417. The molecule has 0 saturated heterocycles. The van der Waals surface area contributed by atoms with E-state index in [2.05, 4.69) is 5.32 Å². The first-order valence-electron chi connectivity index (χ1n) is 5.26. The van der Waals surface area contributed by atoms with E-state index in [-0.39, 0.29) is 23.3 Å². The summed E-state index contributed by atoms with van der Waals surface area (Å²) in [6.07, 6.45) is -0.0701. The van der Waals surface area contributed by atoms with Crippen LogP contribution in [-0.2, 0) is 4.74 Å². The van der Waals surface area contributed by atoms with Gasteiger partial charge in [-0.1, -0.05) is 0 Å². The van der Waals surface area contributed by atoms with Crippen LogP contribution >= 0.6 is 0 Å². The third kappa shape index (κ3) is 3.64. The lowest BCUT2D eigenvalue weighted by Gasteiger charge is -2.11. The van der Waals surface area contributed by atoms with E-state index in [0.29, 0.717) is 12.3 Å². The van der Waals surface area contributed by atoms with Crippen molar-refractivity contribution >= 4 is 5.91 Å². The van der Waals surface area contributed by atoms with Crippen LogP contribution in [0.15, 0.2) is 18.2 Å². The van der Waals surface area contributed by atoms with Crippen molar-refractivity contribution in [3.63, 3.8) is 0 Å². The molecule has 5 heteroatoms. The highest BCUT2D eigenvalue weighted by Gasteiger charge is 2.12. The quantitative estimate of drug-likeness (QED) is 0.809. The minimum Gasteiger partial charge on any atom is -0.507 e. The van der Waals surface area contributed by atoms with Gasteiger partial charge in [-0.15, -0.1) is 0 Å². The Balaban J connectivity index is 2.69. The number of carbonyl (C=O) groups excluding carboxylic acids is 1. The van der Waals surface area contributed by atoms with E-state index in [4.69, 9.17) is 9.47 Å². The van der Waals surface area contributed by atoms with Crippen molar-refractivity contribution in [3.05, 3.63) is 23.8 Å². The number of carbonyl (C=O) groups is 1. The third-order valence-corrected chi connectivity index (χ3v) is 2.40. The van der Waals surface area contributed by atoms with Gasteiger partial charge in [0.05, 0.1) is 18.8 Å². The first-order chi connectivity index (χ1) is 8.08. The zero-order valence-electron chi connectivity index (χ0n) is 10.2. The van der Waals surface area contributed by atoms with E-state index >= 15 is 0 Å². The second-order valence-corrected chi connectivity index (χ2v) is 3.64. The molecular weight excluding hydrogens is 222 g/mol. The van der Waals surface area contributed by atoms with E-state index in [0.717, 1.165) is 0 Å². The summed E-state index contributed by atoms with van der Waals surface area (Å²) >= 11 is 0. The molecule has 0 aliphatic rings. The van der Waals surface area contributed by atoms with E-state index in [9.17, 15) is 9.90 Å². The summed E-state index contributed by atoms with van der Waals surface area (Å²) in [6.45, 7) is 2.23. The van der Waals surface area contributed by atoms with Crippen LogP contribution in [0.3, 0.4) is 0 Å².